The van der Waals surface area contributed by atoms with Crippen LogP contribution in [0, 0.1) is 0 Å². The van der Waals surface area contributed by atoms with Gasteiger partial charge < -0.3 is 14.3 Å². The number of carbonyl (C=O) groups is 1. The number of hydrogen-bond donors (Lipinski definition) is 2. The van der Waals surface area contributed by atoms with E-state index in [1.165, 1.54) is 25.5 Å². The molecule has 1 aromatic carbocycles. The van der Waals surface area contributed by atoms with E-state index in [9.17, 15) is 13.2 Å². The van der Waals surface area contributed by atoms with Gasteiger partial charge in [-0.25, -0.2) is 0 Å². The SMILES string of the molecule is COc1ccc(CCC(=O)O)cc1NS(=O)(=O)c1ccco1. The molecule has 0 atom stereocenters. The Balaban J connectivity index is 2.28. The fraction of sp³-hybridized carbons (Fsp3) is 0.214. The quantitative estimate of drug-likeness (QED) is 0.807. The summed E-state index contributed by atoms with van der Waals surface area (Å²) in [6.07, 6.45) is 1.50. The highest BCUT2D eigenvalue weighted by molar-refractivity contribution is 7.92. The minimum atomic E-state index is -3.86. The summed E-state index contributed by atoms with van der Waals surface area (Å²) in [6, 6.07) is 7.60. The Kier molecular flexibility index (Phi) is 4.71. The van der Waals surface area contributed by atoms with Crippen molar-refractivity contribution in [2.45, 2.75) is 17.9 Å². The third-order valence-electron chi connectivity index (χ3n) is 2.90. The van der Waals surface area contributed by atoms with Gasteiger partial charge >= 0.3 is 5.97 Å². The molecule has 1 heterocycles. The Morgan fingerprint density at radius 1 is 1.36 bits per heavy atom. The summed E-state index contributed by atoms with van der Waals surface area (Å²) in [5.41, 5.74) is 0.905. The monoisotopic (exact) mass is 325 g/mol. The molecule has 0 aliphatic heterocycles. The number of benzene rings is 1. The Hall–Kier alpha value is -2.48. The second kappa shape index (κ2) is 6.52. The standard InChI is InChI=1S/C14H15NO6S/c1-20-12-6-4-10(5-7-13(16)17)9-11(12)15-22(18,19)14-3-2-8-21-14/h2-4,6,8-9,15H,5,7H2,1H3,(H,16,17). The van der Waals surface area contributed by atoms with E-state index in [1.54, 1.807) is 18.2 Å². The van der Waals surface area contributed by atoms with Gasteiger partial charge in [-0.15, -0.1) is 0 Å². The molecule has 0 saturated heterocycles. The zero-order valence-electron chi connectivity index (χ0n) is 11.8. The minimum Gasteiger partial charge on any atom is -0.495 e. The van der Waals surface area contributed by atoms with Crippen molar-refractivity contribution >= 4 is 21.7 Å². The first-order valence-electron chi connectivity index (χ1n) is 6.37. The van der Waals surface area contributed by atoms with Crippen molar-refractivity contribution < 1.29 is 27.5 Å². The highest BCUT2D eigenvalue weighted by Gasteiger charge is 2.19. The molecule has 0 fully saturated rings. The van der Waals surface area contributed by atoms with Crippen LogP contribution >= 0.6 is 0 Å². The van der Waals surface area contributed by atoms with E-state index in [1.807, 2.05) is 0 Å². The molecule has 22 heavy (non-hydrogen) atoms. The molecule has 0 saturated carbocycles. The van der Waals surface area contributed by atoms with Crippen LogP contribution in [0.2, 0.25) is 0 Å². The van der Waals surface area contributed by atoms with Gasteiger partial charge in [-0.05, 0) is 36.2 Å². The molecule has 2 aromatic rings. The molecule has 0 spiro atoms. The van der Waals surface area contributed by atoms with Crippen molar-refractivity contribution in [3.63, 3.8) is 0 Å². The normalized spacial score (nSPS) is 11.1. The van der Waals surface area contributed by atoms with Gasteiger partial charge in [0, 0.05) is 6.42 Å². The molecule has 0 bridgehead atoms. The van der Waals surface area contributed by atoms with Crippen LogP contribution in [0.15, 0.2) is 46.1 Å². The van der Waals surface area contributed by atoms with Gasteiger partial charge in [0.15, 0.2) is 0 Å². The number of furan rings is 1. The molecule has 7 nitrogen and oxygen atoms in total. The predicted molar refractivity (Wildman–Crippen MR) is 78.5 cm³/mol. The van der Waals surface area contributed by atoms with Crippen molar-refractivity contribution in [3.8, 4) is 5.75 Å². The molecule has 2 N–H and O–H groups in total. The maximum atomic E-state index is 12.2. The van der Waals surface area contributed by atoms with Gasteiger partial charge in [-0.1, -0.05) is 6.07 Å². The number of nitrogens with one attached hydrogen (secondary N) is 1. The highest BCUT2D eigenvalue weighted by Crippen LogP contribution is 2.28. The molecule has 8 heteroatoms. The van der Waals surface area contributed by atoms with Crippen LogP contribution in [0.1, 0.15) is 12.0 Å². The van der Waals surface area contributed by atoms with E-state index in [2.05, 4.69) is 4.72 Å². The van der Waals surface area contributed by atoms with Gasteiger partial charge in [0.2, 0.25) is 5.09 Å². The molecule has 0 unspecified atom stereocenters. The zero-order chi connectivity index (χ0) is 16.2. The smallest absolute Gasteiger partial charge is 0.303 e. The summed E-state index contributed by atoms with van der Waals surface area (Å²) >= 11 is 0. The van der Waals surface area contributed by atoms with E-state index >= 15 is 0 Å². The van der Waals surface area contributed by atoms with E-state index < -0.39 is 16.0 Å². The van der Waals surface area contributed by atoms with Crippen LogP contribution in [0.4, 0.5) is 5.69 Å². The van der Waals surface area contributed by atoms with Gasteiger partial charge in [0.1, 0.15) is 5.75 Å². The molecular formula is C14H15NO6S. The maximum absolute atomic E-state index is 12.2. The number of ether oxygens (including phenoxy) is 1. The first-order chi connectivity index (χ1) is 10.4. The second-order valence-electron chi connectivity index (χ2n) is 4.47. The summed E-state index contributed by atoms with van der Waals surface area (Å²) < 4.78 is 36.7. The molecule has 0 amide bonds. The van der Waals surface area contributed by atoms with Crippen molar-refractivity contribution in [3.05, 3.63) is 42.2 Å². The fourth-order valence-electron chi connectivity index (χ4n) is 1.85. The van der Waals surface area contributed by atoms with Crippen molar-refractivity contribution in [1.82, 2.24) is 0 Å². The Bertz CT molecular complexity index is 752. The van der Waals surface area contributed by atoms with Crippen molar-refractivity contribution in [2.75, 3.05) is 11.8 Å². The van der Waals surface area contributed by atoms with Gasteiger partial charge in [0.05, 0.1) is 19.1 Å². The number of hydrogen-bond acceptors (Lipinski definition) is 5. The Morgan fingerprint density at radius 3 is 2.73 bits per heavy atom. The summed E-state index contributed by atoms with van der Waals surface area (Å²) in [5, 5.41) is 8.49. The maximum Gasteiger partial charge on any atom is 0.303 e. The van der Waals surface area contributed by atoms with Crippen LogP contribution in [0.25, 0.3) is 0 Å². The Labute approximate surface area is 127 Å². The number of methoxy groups -OCH3 is 1. The summed E-state index contributed by atoms with van der Waals surface area (Å²) in [5.74, 6) is -0.595. The lowest BCUT2D eigenvalue weighted by Gasteiger charge is -2.12. The van der Waals surface area contributed by atoms with Gasteiger partial charge in [-0.2, -0.15) is 8.42 Å². The summed E-state index contributed by atoms with van der Waals surface area (Å²) in [6.45, 7) is 0. The molecule has 118 valence electrons. The van der Waals surface area contributed by atoms with E-state index in [0.29, 0.717) is 11.3 Å². The molecule has 0 aliphatic carbocycles. The topological polar surface area (TPSA) is 106 Å². The molecule has 1 aromatic heterocycles. The van der Waals surface area contributed by atoms with Crippen LogP contribution in [-0.2, 0) is 21.2 Å². The summed E-state index contributed by atoms with van der Waals surface area (Å²) in [4.78, 5) is 10.6. The number of aliphatic carboxylic acids is 1. The minimum absolute atomic E-state index is 0.0449. The van der Waals surface area contributed by atoms with Gasteiger partial charge in [0.25, 0.3) is 10.0 Å². The molecule has 0 radical (unpaired) electrons. The number of carboxylic acids is 1. The first-order valence-corrected chi connectivity index (χ1v) is 7.86. The van der Waals surface area contributed by atoms with E-state index in [0.717, 1.165) is 0 Å². The number of rotatable bonds is 7. The number of anilines is 1. The highest BCUT2D eigenvalue weighted by atomic mass is 32.2. The second-order valence-corrected chi connectivity index (χ2v) is 6.08. The summed E-state index contributed by atoms with van der Waals surface area (Å²) in [7, 11) is -2.45. The average Bonchev–Trinajstić information content (AvgIpc) is 3.00. The zero-order valence-corrected chi connectivity index (χ0v) is 12.6. The fourth-order valence-corrected chi connectivity index (χ4v) is 2.84. The third kappa shape index (κ3) is 3.79. The van der Waals surface area contributed by atoms with Crippen molar-refractivity contribution in [2.24, 2.45) is 0 Å². The Morgan fingerprint density at radius 2 is 2.14 bits per heavy atom. The van der Waals surface area contributed by atoms with E-state index in [-0.39, 0.29) is 23.6 Å². The number of sulfonamides is 1. The first kappa shape index (κ1) is 15.9. The molecule has 0 aliphatic rings. The lowest BCUT2D eigenvalue weighted by molar-refractivity contribution is -0.136. The van der Waals surface area contributed by atoms with Crippen LogP contribution < -0.4 is 9.46 Å². The van der Waals surface area contributed by atoms with Crippen LogP contribution in [0.5, 0.6) is 5.75 Å². The molecule has 2 rings (SSSR count). The number of aryl methyl sites for hydroxylation is 1. The third-order valence-corrected chi connectivity index (χ3v) is 4.15. The largest absolute Gasteiger partial charge is 0.495 e. The van der Waals surface area contributed by atoms with Crippen LogP contribution in [-0.4, -0.2) is 26.6 Å². The molecular weight excluding hydrogens is 310 g/mol. The van der Waals surface area contributed by atoms with Crippen molar-refractivity contribution in [1.29, 1.82) is 0 Å². The average molecular weight is 325 g/mol. The van der Waals surface area contributed by atoms with E-state index in [4.69, 9.17) is 14.3 Å². The number of carboxylic acid groups (broad SMARTS) is 1. The van der Waals surface area contributed by atoms with Gasteiger partial charge in [-0.3, -0.25) is 9.52 Å². The van der Waals surface area contributed by atoms with Crippen LogP contribution in [0.3, 0.4) is 0 Å². The predicted octanol–water partition coefficient (Wildman–Crippen LogP) is 2.11. The lowest BCUT2D eigenvalue weighted by Crippen LogP contribution is -2.13. The lowest BCUT2D eigenvalue weighted by atomic mass is 10.1.